The van der Waals surface area contributed by atoms with Crippen molar-refractivity contribution in [2.75, 3.05) is 13.1 Å². The Labute approximate surface area is 104 Å². The molecule has 1 fully saturated rings. The number of likely N-dealkylation sites (tertiary alicyclic amines) is 1. The first-order valence-corrected chi connectivity index (χ1v) is 6.92. The Morgan fingerprint density at radius 1 is 1.06 bits per heavy atom. The maximum absolute atomic E-state index is 5.99. The first-order chi connectivity index (χ1) is 8.34. The van der Waals surface area contributed by atoms with E-state index in [0.29, 0.717) is 12.1 Å². The molecule has 2 N–H and O–H groups in total. The topological polar surface area (TPSA) is 29.3 Å². The number of aryl methyl sites for hydroxylation is 1. The van der Waals surface area contributed by atoms with Crippen LogP contribution in [-0.2, 0) is 6.42 Å². The molecule has 2 aliphatic rings. The Kier molecular flexibility index (Phi) is 3.17. The predicted molar refractivity (Wildman–Crippen MR) is 70.9 cm³/mol. The fraction of sp³-hybridized carbons (Fsp3) is 0.600. The van der Waals surface area contributed by atoms with Crippen molar-refractivity contribution in [2.45, 2.75) is 44.2 Å². The second-order valence-electron chi connectivity index (χ2n) is 5.48. The van der Waals surface area contributed by atoms with Crippen molar-refractivity contribution >= 4 is 0 Å². The summed E-state index contributed by atoms with van der Waals surface area (Å²) in [5, 5.41) is 0. The largest absolute Gasteiger partial charge is 0.328 e. The molecule has 17 heavy (non-hydrogen) atoms. The van der Waals surface area contributed by atoms with Gasteiger partial charge in [-0.1, -0.05) is 24.3 Å². The Morgan fingerprint density at radius 3 is 2.65 bits per heavy atom. The third-order valence-electron chi connectivity index (χ3n) is 4.35. The van der Waals surface area contributed by atoms with Crippen LogP contribution in [0.3, 0.4) is 0 Å². The van der Waals surface area contributed by atoms with Gasteiger partial charge in [-0.25, -0.2) is 0 Å². The van der Waals surface area contributed by atoms with E-state index in [0.717, 1.165) is 0 Å². The van der Waals surface area contributed by atoms with E-state index in [4.69, 9.17) is 5.73 Å². The zero-order valence-electron chi connectivity index (χ0n) is 10.4. The van der Waals surface area contributed by atoms with E-state index >= 15 is 0 Å². The molecule has 0 spiro atoms. The van der Waals surface area contributed by atoms with E-state index in [1.807, 2.05) is 0 Å². The molecular weight excluding hydrogens is 208 g/mol. The van der Waals surface area contributed by atoms with Crippen LogP contribution in [0.1, 0.15) is 42.9 Å². The molecule has 92 valence electrons. The van der Waals surface area contributed by atoms with Gasteiger partial charge in [0.05, 0.1) is 0 Å². The third-order valence-corrected chi connectivity index (χ3v) is 4.35. The summed E-state index contributed by atoms with van der Waals surface area (Å²) < 4.78 is 0. The molecule has 0 unspecified atom stereocenters. The van der Waals surface area contributed by atoms with Crippen molar-refractivity contribution in [3.8, 4) is 0 Å². The fourth-order valence-corrected chi connectivity index (χ4v) is 3.34. The standard InChI is InChI=1S/C15H22N2/c16-13-8-10-17(11-9-13)15-7-3-5-12-4-1-2-6-14(12)15/h1-2,4,6,13,15H,3,5,7-11,16H2/t15-/m0/s1. The summed E-state index contributed by atoms with van der Waals surface area (Å²) in [6.45, 7) is 2.36. The summed E-state index contributed by atoms with van der Waals surface area (Å²) in [6.07, 6.45) is 6.26. The smallest absolute Gasteiger partial charge is 0.0350 e. The van der Waals surface area contributed by atoms with Crippen molar-refractivity contribution in [3.05, 3.63) is 35.4 Å². The van der Waals surface area contributed by atoms with Crippen LogP contribution in [0.5, 0.6) is 0 Å². The molecule has 1 heterocycles. The molecule has 0 bridgehead atoms. The molecule has 1 saturated heterocycles. The summed E-state index contributed by atoms with van der Waals surface area (Å²) in [5.74, 6) is 0. The Morgan fingerprint density at radius 2 is 1.82 bits per heavy atom. The quantitative estimate of drug-likeness (QED) is 0.803. The Hall–Kier alpha value is -0.860. The van der Waals surface area contributed by atoms with Crippen LogP contribution in [0.15, 0.2) is 24.3 Å². The number of nitrogens with two attached hydrogens (primary N) is 1. The minimum absolute atomic E-state index is 0.435. The molecule has 0 saturated carbocycles. The van der Waals surface area contributed by atoms with Crippen LogP contribution < -0.4 is 5.73 Å². The van der Waals surface area contributed by atoms with Gasteiger partial charge < -0.3 is 5.73 Å². The van der Waals surface area contributed by atoms with E-state index in [1.54, 1.807) is 11.1 Å². The van der Waals surface area contributed by atoms with Crippen molar-refractivity contribution < 1.29 is 0 Å². The summed E-state index contributed by atoms with van der Waals surface area (Å²) in [7, 11) is 0. The highest BCUT2D eigenvalue weighted by Crippen LogP contribution is 2.35. The van der Waals surface area contributed by atoms with E-state index in [9.17, 15) is 0 Å². The number of rotatable bonds is 1. The average Bonchev–Trinajstić information content (AvgIpc) is 2.39. The van der Waals surface area contributed by atoms with Crippen LogP contribution in [0.2, 0.25) is 0 Å². The molecule has 2 heteroatoms. The molecule has 0 aromatic heterocycles. The summed E-state index contributed by atoms with van der Waals surface area (Å²) in [4.78, 5) is 2.65. The lowest BCUT2D eigenvalue weighted by Crippen LogP contribution is -2.42. The molecule has 0 amide bonds. The SMILES string of the molecule is NC1CCN([C@H]2CCCc3ccccc32)CC1. The van der Waals surface area contributed by atoms with Crippen molar-refractivity contribution in [1.29, 1.82) is 0 Å². The summed E-state index contributed by atoms with van der Waals surface area (Å²) in [6, 6.07) is 10.1. The monoisotopic (exact) mass is 230 g/mol. The van der Waals surface area contributed by atoms with Crippen molar-refractivity contribution in [3.63, 3.8) is 0 Å². The highest BCUT2D eigenvalue weighted by molar-refractivity contribution is 5.32. The lowest BCUT2D eigenvalue weighted by atomic mass is 9.86. The zero-order valence-corrected chi connectivity index (χ0v) is 10.4. The average molecular weight is 230 g/mol. The van der Waals surface area contributed by atoms with Gasteiger partial charge in [-0.2, -0.15) is 0 Å². The number of benzene rings is 1. The predicted octanol–water partition coefficient (Wildman–Crippen LogP) is 2.49. The fourth-order valence-electron chi connectivity index (χ4n) is 3.34. The molecule has 1 aliphatic heterocycles. The number of piperidine rings is 1. The zero-order chi connectivity index (χ0) is 11.7. The minimum Gasteiger partial charge on any atom is -0.328 e. The van der Waals surface area contributed by atoms with Gasteiger partial charge >= 0.3 is 0 Å². The van der Waals surface area contributed by atoms with Crippen molar-refractivity contribution in [1.82, 2.24) is 4.90 Å². The van der Waals surface area contributed by atoms with Crippen molar-refractivity contribution in [2.24, 2.45) is 5.73 Å². The molecule has 1 atom stereocenters. The number of hydrogen-bond acceptors (Lipinski definition) is 2. The first-order valence-electron chi connectivity index (χ1n) is 6.92. The lowest BCUT2D eigenvalue weighted by Gasteiger charge is -2.39. The van der Waals surface area contributed by atoms with Crippen LogP contribution in [0, 0.1) is 0 Å². The Balaban J connectivity index is 1.80. The second kappa shape index (κ2) is 4.79. The van der Waals surface area contributed by atoms with Gasteiger partial charge in [-0.05, 0) is 43.2 Å². The first kappa shape index (κ1) is 11.2. The highest BCUT2D eigenvalue weighted by atomic mass is 15.2. The van der Waals surface area contributed by atoms with E-state index in [1.165, 1.54) is 45.2 Å². The van der Waals surface area contributed by atoms with Gasteiger partial charge in [-0.3, -0.25) is 4.90 Å². The number of nitrogens with zero attached hydrogens (tertiary/aromatic N) is 1. The van der Waals surface area contributed by atoms with Gasteiger partial charge in [0.1, 0.15) is 0 Å². The molecule has 1 aromatic carbocycles. The molecule has 1 aromatic rings. The Bertz CT molecular complexity index is 380. The minimum atomic E-state index is 0.435. The highest BCUT2D eigenvalue weighted by Gasteiger charge is 2.27. The number of fused-ring (bicyclic) bond motifs is 1. The van der Waals surface area contributed by atoms with Gasteiger partial charge in [0.25, 0.3) is 0 Å². The van der Waals surface area contributed by atoms with Crippen LogP contribution >= 0.6 is 0 Å². The molecular formula is C15H22N2. The van der Waals surface area contributed by atoms with E-state index in [2.05, 4.69) is 29.2 Å². The normalized spacial score (nSPS) is 26.8. The second-order valence-corrected chi connectivity index (χ2v) is 5.48. The molecule has 0 radical (unpaired) electrons. The van der Waals surface area contributed by atoms with Gasteiger partial charge in [0, 0.05) is 25.2 Å². The van der Waals surface area contributed by atoms with Gasteiger partial charge in [0.2, 0.25) is 0 Å². The molecule has 1 aliphatic carbocycles. The van der Waals surface area contributed by atoms with Crippen LogP contribution in [0.25, 0.3) is 0 Å². The lowest BCUT2D eigenvalue weighted by molar-refractivity contribution is 0.139. The van der Waals surface area contributed by atoms with Gasteiger partial charge in [0.15, 0.2) is 0 Å². The van der Waals surface area contributed by atoms with Crippen LogP contribution in [0.4, 0.5) is 0 Å². The maximum atomic E-state index is 5.99. The molecule has 3 rings (SSSR count). The summed E-state index contributed by atoms with van der Waals surface area (Å²) >= 11 is 0. The third kappa shape index (κ3) is 2.24. The van der Waals surface area contributed by atoms with E-state index < -0.39 is 0 Å². The van der Waals surface area contributed by atoms with Gasteiger partial charge in [-0.15, -0.1) is 0 Å². The number of hydrogen-bond donors (Lipinski definition) is 1. The summed E-state index contributed by atoms with van der Waals surface area (Å²) in [5.41, 5.74) is 9.14. The van der Waals surface area contributed by atoms with Crippen LogP contribution in [-0.4, -0.2) is 24.0 Å². The molecule has 2 nitrogen and oxygen atoms in total. The maximum Gasteiger partial charge on any atom is 0.0350 e. The van der Waals surface area contributed by atoms with E-state index in [-0.39, 0.29) is 0 Å².